The number of ether oxygens (including phenoxy) is 1. The molecule has 2 aromatic carbocycles. The molecule has 0 bridgehead atoms. The summed E-state index contributed by atoms with van der Waals surface area (Å²) < 4.78 is 6.69. The molecule has 0 aliphatic rings. The molecule has 1 heterocycles. The van der Waals surface area contributed by atoms with Crippen molar-refractivity contribution >= 4 is 11.6 Å². The van der Waals surface area contributed by atoms with Gasteiger partial charge in [0.2, 0.25) is 5.91 Å². The zero-order valence-corrected chi connectivity index (χ0v) is 12.3. The first kappa shape index (κ1) is 14.5. The van der Waals surface area contributed by atoms with E-state index < -0.39 is 5.91 Å². The van der Waals surface area contributed by atoms with Gasteiger partial charge in [-0.3, -0.25) is 4.79 Å². The summed E-state index contributed by atoms with van der Waals surface area (Å²) in [7, 11) is 1.55. The summed E-state index contributed by atoms with van der Waals surface area (Å²) in [5, 5.41) is 11.7. The monoisotopic (exact) mass is 310 g/mol. The molecular formula is C15H14N6O2. The number of aromatic nitrogens is 4. The van der Waals surface area contributed by atoms with Crippen molar-refractivity contribution in [2.75, 3.05) is 12.8 Å². The normalized spacial score (nSPS) is 10.5. The number of amides is 1. The van der Waals surface area contributed by atoms with E-state index in [1.165, 1.54) is 0 Å². The maximum absolute atomic E-state index is 11.1. The molecule has 3 aromatic rings. The number of methoxy groups -OCH3 is 1. The van der Waals surface area contributed by atoms with Crippen LogP contribution in [0.1, 0.15) is 10.4 Å². The first-order valence-electron chi connectivity index (χ1n) is 6.72. The summed E-state index contributed by atoms with van der Waals surface area (Å²) in [5.41, 5.74) is 13.5. The van der Waals surface area contributed by atoms with Gasteiger partial charge in [-0.1, -0.05) is 0 Å². The van der Waals surface area contributed by atoms with E-state index in [0.29, 0.717) is 28.5 Å². The van der Waals surface area contributed by atoms with Crippen molar-refractivity contribution in [3.8, 4) is 22.8 Å². The van der Waals surface area contributed by atoms with Gasteiger partial charge < -0.3 is 16.2 Å². The second kappa shape index (κ2) is 5.76. The zero-order valence-electron chi connectivity index (χ0n) is 12.3. The standard InChI is InChI=1S/C15H14N6O2/c1-23-13-7-4-10(8-12(13)16)15-18-19-20-21(15)11-5-2-9(3-6-11)14(17)22/h2-8H,16H2,1H3,(H2,17,22). The Kier molecular flexibility index (Phi) is 3.63. The fourth-order valence-corrected chi connectivity index (χ4v) is 2.18. The Morgan fingerprint density at radius 1 is 1.17 bits per heavy atom. The summed E-state index contributed by atoms with van der Waals surface area (Å²) in [6.07, 6.45) is 0. The molecule has 0 atom stereocenters. The Labute approximate surface area is 131 Å². The third kappa shape index (κ3) is 2.69. The number of nitrogens with two attached hydrogens (primary N) is 2. The van der Waals surface area contributed by atoms with E-state index in [0.717, 1.165) is 5.56 Å². The highest BCUT2D eigenvalue weighted by atomic mass is 16.5. The smallest absolute Gasteiger partial charge is 0.248 e. The lowest BCUT2D eigenvalue weighted by Crippen LogP contribution is -2.11. The molecule has 0 saturated heterocycles. The van der Waals surface area contributed by atoms with Gasteiger partial charge in [0, 0.05) is 11.1 Å². The van der Waals surface area contributed by atoms with Crippen LogP contribution in [0.5, 0.6) is 5.75 Å². The number of carbonyl (C=O) groups excluding carboxylic acids is 1. The number of anilines is 1. The number of tetrazole rings is 1. The molecular weight excluding hydrogens is 296 g/mol. The average molecular weight is 310 g/mol. The fraction of sp³-hybridized carbons (Fsp3) is 0.0667. The van der Waals surface area contributed by atoms with Crippen molar-refractivity contribution < 1.29 is 9.53 Å². The second-order valence-electron chi connectivity index (χ2n) is 4.78. The number of carbonyl (C=O) groups is 1. The molecule has 4 N–H and O–H groups in total. The van der Waals surface area contributed by atoms with Crippen LogP contribution in [0.3, 0.4) is 0 Å². The highest BCUT2D eigenvalue weighted by molar-refractivity contribution is 5.92. The SMILES string of the molecule is COc1ccc(-c2nnnn2-c2ccc(C(N)=O)cc2)cc1N. The van der Waals surface area contributed by atoms with Gasteiger partial charge in [0.15, 0.2) is 5.82 Å². The predicted octanol–water partition coefficient (Wildman–Crippen LogP) is 1.02. The summed E-state index contributed by atoms with van der Waals surface area (Å²) in [6, 6.07) is 12.0. The maximum atomic E-state index is 11.1. The number of benzene rings is 2. The van der Waals surface area contributed by atoms with Crippen molar-refractivity contribution in [3.05, 3.63) is 48.0 Å². The number of hydrogen-bond donors (Lipinski definition) is 2. The Morgan fingerprint density at radius 3 is 2.52 bits per heavy atom. The lowest BCUT2D eigenvalue weighted by atomic mass is 10.1. The topological polar surface area (TPSA) is 122 Å². The molecule has 3 rings (SSSR count). The van der Waals surface area contributed by atoms with Gasteiger partial charge in [0.25, 0.3) is 0 Å². The van der Waals surface area contributed by atoms with Gasteiger partial charge >= 0.3 is 0 Å². The third-order valence-electron chi connectivity index (χ3n) is 3.35. The predicted molar refractivity (Wildman–Crippen MR) is 84.1 cm³/mol. The van der Waals surface area contributed by atoms with Crippen molar-refractivity contribution in [1.29, 1.82) is 0 Å². The molecule has 0 unspecified atom stereocenters. The summed E-state index contributed by atoms with van der Waals surface area (Å²) in [5.74, 6) is 0.612. The lowest BCUT2D eigenvalue weighted by molar-refractivity contribution is 0.100. The number of rotatable bonds is 4. The molecule has 1 aromatic heterocycles. The van der Waals surface area contributed by atoms with Crippen LogP contribution in [0.25, 0.3) is 17.1 Å². The van der Waals surface area contributed by atoms with Crippen LogP contribution < -0.4 is 16.2 Å². The molecule has 0 fully saturated rings. The largest absolute Gasteiger partial charge is 0.495 e. The molecule has 0 aliphatic heterocycles. The maximum Gasteiger partial charge on any atom is 0.248 e. The van der Waals surface area contributed by atoms with Crippen LogP contribution in [0.2, 0.25) is 0 Å². The highest BCUT2D eigenvalue weighted by Gasteiger charge is 2.13. The minimum Gasteiger partial charge on any atom is -0.495 e. The van der Waals surface area contributed by atoms with Crippen LogP contribution in [0.4, 0.5) is 5.69 Å². The van der Waals surface area contributed by atoms with E-state index in [1.54, 1.807) is 48.2 Å². The van der Waals surface area contributed by atoms with Crippen molar-refractivity contribution in [3.63, 3.8) is 0 Å². The van der Waals surface area contributed by atoms with Crippen molar-refractivity contribution in [2.45, 2.75) is 0 Å². The first-order chi connectivity index (χ1) is 11.1. The van der Waals surface area contributed by atoms with Gasteiger partial charge in [-0.25, -0.2) is 0 Å². The van der Waals surface area contributed by atoms with E-state index in [4.69, 9.17) is 16.2 Å². The summed E-state index contributed by atoms with van der Waals surface area (Å²) in [6.45, 7) is 0. The van der Waals surface area contributed by atoms with E-state index in [9.17, 15) is 4.79 Å². The van der Waals surface area contributed by atoms with Gasteiger partial charge in [0.05, 0.1) is 18.5 Å². The quantitative estimate of drug-likeness (QED) is 0.694. The van der Waals surface area contributed by atoms with Crippen LogP contribution in [0, 0.1) is 0 Å². The van der Waals surface area contributed by atoms with Gasteiger partial charge in [-0.05, 0) is 52.9 Å². The molecule has 116 valence electrons. The summed E-state index contributed by atoms with van der Waals surface area (Å²) in [4.78, 5) is 11.1. The van der Waals surface area contributed by atoms with E-state index in [2.05, 4.69) is 15.5 Å². The molecule has 0 radical (unpaired) electrons. The fourth-order valence-electron chi connectivity index (χ4n) is 2.18. The molecule has 8 heteroatoms. The number of primary amides is 1. The lowest BCUT2D eigenvalue weighted by Gasteiger charge is -2.08. The van der Waals surface area contributed by atoms with E-state index in [1.807, 2.05) is 6.07 Å². The molecule has 0 spiro atoms. The zero-order chi connectivity index (χ0) is 16.4. The minimum atomic E-state index is -0.489. The van der Waals surface area contributed by atoms with Crippen LogP contribution in [-0.2, 0) is 0 Å². The Bertz CT molecular complexity index is 857. The van der Waals surface area contributed by atoms with Crippen molar-refractivity contribution in [2.24, 2.45) is 5.73 Å². The third-order valence-corrected chi connectivity index (χ3v) is 3.35. The molecule has 0 saturated carbocycles. The van der Waals surface area contributed by atoms with Crippen molar-refractivity contribution in [1.82, 2.24) is 20.2 Å². The second-order valence-corrected chi connectivity index (χ2v) is 4.78. The van der Waals surface area contributed by atoms with Crippen LogP contribution in [0.15, 0.2) is 42.5 Å². The van der Waals surface area contributed by atoms with E-state index in [-0.39, 0.29) is 0 Å². The average Bonchev–Trinajstić information content (AvgIpc) is 3.04. The van der Waals surface area contributed by atoms with Crippen LogP contribution in [-0.4, -0.2) is 33.2 Å². The van der Waals surface area contributed by atoms with Crippen LogP contribution >= 0.6 is 0 Å². The minimum absolute atomic E-state index is 0.414. The highest BCUT2D eigenvalue weighted by Crippen LogP contribution is 2.27. The van der Waals surface area contributed by atoms with E-state index >= 15 is 0 Å². The number of hydrogen-bond acceptors (Lipinski definition) is 6. The molecule has 23 heavy (non-hydrogen) atoms. The number of nitrogen functional groups attached to an aromatic ring is 1. The molecule has 8 nitrogen and oxygen atoms in total. The Balaban J connectivity index is 2.02. The number of nitrogens with zero attached hydrogens (tertiary/aromatic N) is 4. The van der Waals surface area contributed by atoms with Gasteiger partial charge in [-0.2, -0.15) is 4.68 Å². The first-order valence-corrected chi connectivity index (χ1v) is 6.72. The Hall–Kier alpha value is -3.42. The molecule has 0 aliphatic carbocycles. The molecule has 1 amide bonds. The summed E-state index contributed by atoms with van der Waals surface area (Å²) >= 11 is 0. The van der Waals surface area contributed by atoms with Gasteiger partial charge in [0.1, 0.15) is 5.75 Å². The Morgan fingerprint density at radius 2 is 1.91 bits per heavy atom. The van der Waals surface area contributed by atoms with Gasteiger partial charge in [-0.15, -0.1) is 5.10 Å².